The summed E-state index contributed by atoms with van der Waals surface area (Å²) in [6.07, 6.45) is 7.92. The Labute approximate surface area is 102 Å². The molecule has 2 saturated carbocycles. The molecule has 1 heterocycles. The summed E-state index contributed by atoms with van der Waals surface area (Å²) in [5.41, 5.74) is 1.70. The largest absolute Gasteiger partial charge is 0.294 e. The van der Waals surface area contributed by atoms with Crippen LogP contribution in [0.3, 0.4) is 0 Å². The van der Waals surface area contributed by atoms with Gasteiger partial charge in [-0.15, -0.1) is 0 Å². The fourth-order valence-corrected chi connectivity index (χ4v) is 3.75. The molecule has 90 valence electrons. The zero-order valence-corrected chi connectivity index (χ0v) is 10.4. The van der Waals surface area contributed by atoms with Gasteiger partial charge in [-0.25, -0.2) is 0 Å². The second-order valence-corrected chi connectivity index (χ2v) is 5.70. The number of nitrogens with zero attached hydrogens (tertiary/aromatic N) is 1. The summed E-state index contributed by atoms with van der Waals surface area (Å²) in [6.45, 7) is 1.92. The van der Waals surface area contributed by atoms with Crippen LogP contribution in [0.1, 0.15) is 48.2 Å². The predicted octanol–water partition coefficient (Wildman–Crippen LogP) is 3.40. The molecule has 1 aromatic heterocycles. The van der Waals surface area contributed by atoms with Gasteiger partial charge in [0, 0.05) is 23.9 Å². The molecule has 3 unspecified atom stereocenters. The molecular formula is C15H19NO. The van der Waals surface area contributed by atoms with E-state index in [-0.39, 0.29) is 0 Å². The molecule has 17 heavy (non-hydrogen) atoms. The van der Waals surface area contributed by atoms with Crippen molar-refractivity contribution in [2.75, 3.05) is 0 Å². The van der Waals surface area contributed by atoms with Crippen molar-refractivity contribution in [2.24, 2.45) is 17.8 Å². The number of aryl methyl sites for hydroxylation is 1. The first-order chi connectivity index (χ1) is 8.24. The third-order valence-corrected chi connectivity index (χ3v) is 4.64. The normalized spacial score (nSPS) is 30.8. The number of hydrogen-bond donors (Lipinski definition) is 0. The van der Waals surface area contributed by atoms with Crippen LogP contribution in [0, 0.1) is 24.7 Å². The van der Waals surface area contributed by atoms with E-state index in [0.717, 1.165) is 29.5 Å². The Balaban J connectivity index is 1.70. The van der Waals surface area contributed by atoms with Crippen LogP contribution in [0.5, 0.6) is 0 Å². The number of hydrogen-bond acceptors (Lipinski definition) is 2. The molecule has 0 aliphatic heterocycles. The first-order valence-corrected chi connectivity index (χ1v) is 6.69. The second kappa shape index (κ2) is 4.25. The third-order valence-electron chi connectivity index (χ3n) is 4.64. The maximum absolute atomic E-state index is 12.3. The fourth-order valence-electron chi connectivity index (χ4n) is 3.75. The van der Waals surface area contributed by atoms with Crippen LogP contribution in [0.15, 0.2) is 18.3 Å². The molecular weight excluding hydrogens is 210 g/mol. The summed E-state index contributed by atoms with van der Waals surface area (Å²) >= 11 is 0. The summed E-state index contributed by atoms with van der Waals surface area (Å²) < 4.78 is 0. The summed E-state index contributed by atoms with van der Waals surface area (Å²) in [5.74, 6) is 2.71. The van der Waals surface area contributed by atoms with Crippen LogP contribution < -0.4 is 0 Å². The summed E-state index contributed by atoms with van der Waals surface area (Å²) in [5, 5.41) is 0. The van der Waals surface area contributed by atoms with Gasteiger partial charge in [-0.2, -0.15) is 0 Å². The van der Waals surface area contributed by atoms with Gasteiger partial charge in [0.15, 0.2) is 5.78 Å². The van der Waals surface area contributed by atoms with E-state index in [2.05, 4.69) is 4.98 Å². The Morgan fingerprint density at radius 3 is 2.94 bits per heavy atom. The van der Waals surface area contributed by atoms with Crippen LogP contribution in [0.4, 0.5) is 0 Å². The standard InChI is InChI=1S/C15H19NO/c1-10-14(3-2-6-16-10)15(17)9-13-8-11-4-5-12(13)7-11/h2-3,6,11-13H,4-5,7-9H2,1H3. The number of carbonyl (C=O) groups excluding carboxylic acids is 1. The lowest BCUT2D eigenvalue weighted by atomic mass is 9.84. The van der Waals surface area contributed by atoms with E-state index in [1.807, 2.05) is 19.1 Å². The molecule has 2 nitrogen and oxygen atoms in total. The Bertz CT molecular complexity index is 440. The van der Waals surface area contributed by atoms with E-state index in [1.54, 1.807) is 6.20 Å². The molecule has 2 aliphatic rings. The average molecular weight is 229 g/mol. The minimum atomic E-state index is 0.299. The summed E-state index contributed by atoms with van der Waals surface area (Å²) in [7, 11) is 0. The SMILES string of the molecule is Cc1ncccc1C(=O)CC1CC2CCC1C2. The number of pyridine rings is 1. The van der Waals surface area contributed by atoms with E-state index in [0.29, 0.717) is 11.7 Å². The lowest BCUT2D eigenvalue weighted by Crippen LogP contribution is -2.16. The number of fused-ring (bicyclic) bond motifs is 2. The Morgan fingerprint density at radius 1 is 1.41 bits per heavy atom. The van der Waals surface area contributed by atoms with Crippen molar-refractivity contribution in [1.82, 2.24) is 4.98 Å². The Kier molecular flexibility index (Phi) is 2.73. The highest BCUT2D eigenvalue weighted by molar-refractivity contribution is 5.97. The van der Waals surface area contributed by atoms with E-state index < -0.39 is 0 Å². The molecule has 0 aromatic carbocycles. The highest BCUT2D eigenvalue weighted by Crippen LogP contribution is 2.49. The zero-order chi connectivity index (χ0) is 11.8. The number of aromatic nitrogens is 1. The average Bonchev–Trinajstić information content (AvgIpc) is 2.91. The predicted molar refractivity (Wildman–Crippen MR) is 66.9 cm³/mol. The number of Topliss-reactive ketones (excluding diaryl/α,β-unsaturated/α-hetero) is 1. The summed E-state index contributed by atoms with van der Waals surface area (Å²) in [4.78, 5) is 16.5. The van der Waals surface area contributed by atoms with Gasteiger partial charge in [-0.3, -0.25) is 9.78 Å². The monoisotopic (exact) mass is 229 g/mol. The molecule has 1 aromatic rings. The van der Waals surface area contributed by atoms with Gasteiger partial charge in [0.2, 0.25) is 0 Å². The van der Waals surface area contributed by atoms with E-state index >= 15 is 0 Å². The first kappa shape index (κ1) is 10.9. The van der Waals surface area contributed by atoms with Crippen LogP contribution in [0.25, 0.3) is 0 Å². The van der Waals surface area contributed by atoms with Crippen molar-refractivity contribution >= 4 is 5.78 Å². The number of carbonyl (C=O) groups is 1. The quantitative estimate of drug-likeness (QED) is 0.743. The van der Waals surface area contributed by atoms with Gasteiger partial charge in [-0.05, 0) is 56.1 Å². The molecule has 2 heteroatoms. The van der Waals surface area contributed by atoms with Gasteiger partial charge in [-0.1, -0.05) is 6.42 Å². The van der Waals surface area contributed by atoms with Gasteiger partial charge in [0.1, 0.15) is 0 Å². The van der Waals surface area contributed by atoms with Gasteiger partial charge >= 0.3 is 0 Å². The molecule has 0 saturated heterocycles. The minimum Gasteiger partial charge on any atom is -0.294 e. The Morgan fingerprint density at radius 2 is 2.29 bits per heavy atom. The van der Waals surface area contributed by atoms with Crippen LogP contribution in [-0.4, -0.2) is 10.8 Å². The topological polar surface area (TPSA) is 30.0 Å². The molecule has 2 bridgehead atoms. The van der Waals surface area contributed by atoms with Crippen molar-refractivity contribution < 1.29 is 4.79 Å². The van der Waals surface area contributed by atoms with Crippen molar-refractivity contribution in [3.8, 4) is 0 Å². The zero-order valence-electron chi connectivity index (χ0n) is 10.4. The van der Waals surface area contributed by atoms with Crippen molar-refractivity contribution in [2.45, 2.75) is 39.0 Å². The highest BCUT2D eigenvalue weighted by Gasteiger charge is 2.40. The third kappa shape index (κ3) is 2.01. The van der Waals surface area contributed by atoms with Gasteiger partial charge in [0.25, 0.3) is 0 Å². The van der Waals surface area contributed by atoms with E-state index in [4.69, 9.17) is 0 Å². The number of rotatable bonds is 3. The minimum absolute atomic E-state index is 0.299. The second-order valence-electron chi connectivity index (χ2n) is 5.70. The van der Waals surface area contributed by atoms with Crippen molar-refractivity contribution in [1.29, 1.82) is 0 Å². The van der Waals surface area contributed by atoms with E-state index in [1.165, 1.54) is 25.7 Å². The van der Waals surface area contributed by atoms with Crippen LogP contribution in [0.2, 0.25) is 0 Å². The van der Waals surface area contributed by atoms with Gasteiger partial charge in [0.05, 0.1) is 0 Å². The van der Waals surface area contributed by atoms with Crippen molar-refractivity contribution in [3.63, 3.8) is 0 Å². The molecule has 0 spiro atoms. The molecule has 0 N–H and O–H groups in total. The lowest BCUT2D eigenvalue weighted by Gasteiger charge is -2.20. The molecule has 2 fully saturated rings. The molecule has 0 amide bonds. The maximum Gasteiger partial charge on any atom is 0.164 e. The van der Waals surface area contributed by atoms with Crippen LogP contribution >= 0.6 is 0 Å². The Hall–Kier alpha value is -1.18. The summed E-state index contributed by atoms with van der Waals surface area (Å²) in [6, 6.07) is 3.78. The maximum atomic E-state index is 12.3. The fraction of sp³-hybridized carbons (Fsp3) is 0.600. The molecule has 2 aliphatic carbocycles. The number of ketones is 1. The molecule has 0 radical (unpaired) electrons. The molecule has 3 atom stereocenters. The molecule has 3 rings (SSSR count). The van der Waals surface area contributed by atoms with Crippen molar-refractivity contribution in [3.05, 3.63) is 29.6 Å². The first-order valence-electron chi connectivity index (χ1n) is 6.69. The lowest BCUT2D eigenvalue weighted by molar-refractivity contribution is 0.0943. The van der Waals surface area contributed by atoms with Gasteiger partial charge < -0.3 is 0 Å². The van der Waals surface area contributed by atoms with E-state index in [9.17, 15) is 4.79 Å². The van der Waals surface area contributed by atoms with Crippen LogP contribution in [-0.2, 0) is 0 Å². The highest BCUT2D eigenvalue weighted by atomic mass is 16.1. The smallest absolute Gasteiger partial charge is 0.164 e.